The van der Waals surface area contributed by atoms with Crippen molar-refractivity contribution in [2.75, 3.05) is 16.8 Å². The van der Waals surface area contributed by atoms with Gasteiger partial charge in [-0.1, -0.05) is 67.8 Å². The highest BCUT2D eigenvalue weighted by atomic mass is 19.1. The minimum absolute atomic E-state index is 0.0618. The third-order valence-corrected chi connectivity index (χ3v) is 6.96. The molecule has 0 aliphatic heterocycles. The summed E-state index contributed by atoms with van der Waals surface area (Å²) in [5, 5.41) is 6.37. The lowest BCUT2D eigenvalue weighted by atomic mass is 9.93. The van der Waals surface area contributed by atoms with Gasteiger partial charge in [0, 0.05) is 24.0 Å². The molecule has 6 nitrogen and oxygen atoms in total. The molecule has 3 aromatic carbocycles. The van der Waals surface area contributed by atoms with E-state index in [1.54, 1.807) is 12.1 Å². The molecule has 1 atom stereocenters. The molecule has 0 bridgehead atoms. The maximum Gasteiger partial charge on any atom is 0.248 e. The Morgan fingerprint density at radius 3 is 2.46 bits per heavy atom. The van der Waals surface area contributed by atoms with Crippen molar-refractivity contribution in [3.63, 3.8) is 0 Å². The zero-order valence-corrected chi connectivity index (χ0v) is 21.3. The normalized spacial score (nSPS) is 14.6. The van der Waals surface area contributed by atoms with Gasteiger partial charge in [-0.25, -0.2) is 4.39 Å². The predicted molar refractivity (Wildman–Crippen MR) is 146 cm³/mol. The second-order valence-electron chi connectivity index (χ2n) is 9.56. The van der Waals surface area contributed by atoms with E-state index in [4.69, 9.17) is 5.73 Å². The first-order valence-corrected chi connectivity index (χ1v) is 12.9. The fourth-order valence-corrected chi connectivity index (χ4v) is 5.01. The van der Waals surface area contributed by atoms with Crippen LogP contribution in [0.4, 0.5) is 15.8 Å². The first-order valence-electron chi connectivity index (χ1n) is 12.9. The zero-order chi connectivity index (χ0) is 26.2. The Hall–Kier alpha value is -3.71. The third kappa shape index (κ3) is 6.54. The SMILES string of the molecule is Cc1ccccc1C(C(=O)NC1CCCCC1)N(C(=O)CNc1ccccc1CN)c1cccc(F)c1. The van der Waals surface area contributed by atoms with Crippen molar-refractivity contribution in [3.05, 3.63) is 95.3 Å². The van der Waals surface area contributed by atoms with Gasteiger partial charge in [0.25, 0.3) is 0 Å². The number of carbonyl (C=O) groups is 2. The Kier molecular flexibility index (Phi) is 8.90. The first kappa shape index (κ1) is 26.4. The number of benzene rings is 3. The molecule has 4 N–H and O–H groups in total. The number of rotatable bonds is 9. The average Bonchev–Trinajstić information content (AvgIpc) is 2.91. The summed E-state index contributed by atoms with van der Waals surface area (Å²) < 4.78 is 14.4. The van der Waals surface area contributed by atoms with Gasteiger partial charge in [0.15, 0.2) is 0 Å². The number of carbonyl (C=O) groups excluding carboxylic acids is 2. The van der Waals surface area contributed by atoms with E-state index in [2.05, 4.69) is 10.6 Å². The summed E-state index contributed by atoms with van der Waals surface area (Å²) in [6.07, 6.45) is 5.13. The molecule has 1 fully saturated rings. The van der Waals surface area contributed by atoms with Crippen LogP contribution in [-0.4, -0.2) is 24.4 Å². The molecule has 1 aliphatic rings. The quantitative estimate of drug-likeness (QED) is 0.374. The highest BCUT2D eigenvalue weighted by Crippen LogP contribution is 2.31. The molecule has 7 heteroatoms. The van der Waals surface area contributed by atoms with E-state index in [0.29, 0.717) is 17.8 Å². The van der Waals surface area contributed by atoms with Crippen molar-refractivity contribution in [3.8, 4) is 0 Å². The van der Waals surface area contributed by atoms with E-state index >= 15 is 0 Å². The van der Waals surface area contributed by atoms with Gasteiger partial charge in [-0.3, -0.25) is 14.5 Å². The summed E-state index contributed by atoms with van der Waals surface area (Å²) in [4.78, 5) is 29.2. The molecular weight excluding hydrogens is 467 g/mol. The van der Waals surface area contributed by atoms with E-state index in [-0.39, 0.29) is 24.4 Å². The van der Waals surface area contributed by atoms with E-state index in [1.807, 2.05) is 55.5 Å². The molecule has 1 unspecified atom stereocenters. The van der Waals surface area contributed by atoms with Crippen molar-refractivity contribution < 1.29 is 14.0 Å². The molecule has 37 heavy (non-hydrogen) atoms. The smallest absolute Gasteiger partial charge is 0.248 e. The molecule has 2 amide bonds. The van der Waals surface area contributed by atoms with Gasteiger partial charge in [-0.05, 0) is 60.7 Å². The second kappa shape index (κ2) is 12.5. The Balaban J connectivity index is 1.72. The predicted octanol–water partition coefficient (Wildman–Crippen LogP) is 5.23. The molecule has 0 spiro atoms. The molecule has 0 heterocycles. The fourth-order valence-electron chi connectivity index (χ4n) is 5.01. The Morgan fingerprint density at radius 2 is 1.73 bits per heavy atom. The van der Waals surface area contributed by atoms with Gasteiger partial charge < -0.3 is 16.4 Å². The van der Waals surface area contributed by atoms with Crippen molar-refractivity contribution in [2.24, 2.45) is 5.73 Å². The zero-order valence-electron chi connectivity index (χ0n) is 21.3. The number of amides is 2. The van der Waals surface area contributed by atoms with Crippen LogP contribution in [0.1, 0.15) is 54.8 Å². The van der Waals surface area contributed by atoms with Crippen LogP contribution in [0, 0.1) is 12.7 Å². The number of para-hydroxylation sites is 1. The lowest BCUT2D eigenvalue weighted by Crippen LogP contribution is -2.49. The number of nitrogens with one attached hydrogen (secondary N) is 2. The van der Waals surface area contributed by atoms with Crippen LogP contribution in [0.5, 0.6) is 0 Å². The number of anilines is 2. The molecule has 1 saturated carbocycles. The molecule has 1 aliphatic carbocycles. The fraction of sp³-hybridized carbons (Fsp3) is 0.333. The molecule has 0 aromatic heterocycles. The van der Waals surface area contributed by atoms with Gasteiger partial charge in [-0.15, -0.1) is 0 Å². The van der Waals surface area contributed by atoms with Crippen molar-refractivity contribution in [1.82, 2.24) is 5.32 Å². The topological polar surface area (TPSA) is 87.5 Å². The van der Waals surface area contributed by atoms with Gasteiger partial charge in [0.2, 0.25) is 11.8 Å². The van der Waals surface area contributed by atoms with E-state index < -0.39 is 11.9 Å². The molecule has 0 saturated heterocycles. The summed E-state index contributed by atoms with van der Waals surface area (Å²) in [6, 6.07) is 20.0. The summed E-state index contributed by atoms with van der Waals surface area (Å²) >= 11 is 0. The number of nitrogens with zero attached hydrogens (tertiary/aromatic N) is 1. The lowest BCUT2D eigenvalue weighted by molar-refractivity contribution is -0.126. The number of nitrogens with two attached hydrogens (primary N) is 1. The average molecular weight is 503 g/mol. The van der Waals surface area contributed by atoms with Crippen LogP contribution in [0.2, 0.25) is 0 Å². The number of halogens is 1. The van der Waals surface area contributed by atoms with E-state index in [9.17, 15) is 14.0 Å². The summed E-state index contributed by atoms with van der Waals surface area (Å²) in [5.74, 6) is -1.10. The van der Waals surface area contributed by atoms with Crippen LogP contribution in [-0.2, 0) is 16.1 Å². The monoisotopic (exact) mass is 502 g/mol. The summed E-state index contributed by atoms with van der Waals surface area (Å²) in [5.41, 5.74) is 9.39. The van der Waals surface area contributed by atoms with Crippen LogP contribution in [0.3, 0.4) is 0 Å². The first-order chi connectivity index (χ1) is 18.0. The standard InChI is InChI=1S/C30H35FN4O2/c1-21-10-5-7-16-26(21)29(30(37)34-24-13-3-2-4-14-24)35(25-15-9-12-23(31)18-25)28(36)20-33-27-17-8-6-11-22(27)19-32/h5-12,15-18,24,29,33H,2-4,13-14,19-20,32H2,1H3,(H,34,37). The molecule has 3 aromatic rings. The maximum absolute atomic E-state index is 14.4. The highest BCUT2D eigenvalue weighted by Gasteiger charge is 2.35. The Morgan fingerprint density at radius 1 is 1.00 bits per heavy atom. The Labute approximate surface area is 218 Å². The minimum atomic E-state index is -0.955. The number of hydrogen-bond donors (Lipinski definition) is 3. The number of hydrogen-bond acceptors (Lipinski definition) is 4. The van der Waals surface area contributed by atoms with Crippen LogP contribution >= 0.6 is 0 Å². The van der Waals surface area contributed by atoms with Crippen LogP contribution in [0.15, 0.2) is 72.8 Å². The summed E-state index contributed by atoms with van der Waals surface area (Å²) in [6.45, 7) is 2.15. The Bertz CT molecular complexity index is 1230. The maximum atomic E-state index is 14.4. The molecule has 194 valence electrons. The molecule has 0 radical (unpaired) electrons. The van der Waals surface area contributed by atoms with E-state index in [0.717, 1.165) is 48.9 Å². The van der Waals surface area contributed by atoms with Crippen LogP contribution in [0.25, 0.3) is 0 Å². The van der Waals surface area contributed by atoms with E-state index in [1.165, 1.54) is 17.0 Å². The molecular formula is C30H35FN4O2. The van der Waals surface area contributed by atoms with Crippen molar-refractivity contribution in [2.45, 2.75) is 57.7 Å². The highest BCUT2D eigenvalue weighted by molar-refractivity contribution is 6.03. The second-order valence-corrected chi connectivity index (χ2v) is 9.56. The lowest BCUT2D eigenvalue weighted by Gasteiger charge is -2.34. The number of aryl methyl sites for hydroxylation is 1. The third-order valence-electron chi connectivity index (χ3n) is 6.96. The van der Waals surface area contributed by atoms with Gasteiger partial charge in [0.05, 0.1) is 6.54 Å². The summed E-state index contributed by atoms with van der Waals surface area (Å²) in [7, 11) is 0. The van der Waals surface area contributed by atoms with Crippen molar-refractivity contribution in [1.29, 1.82) is 0 Å². The van der Waals surface area contributed by atoms with Gasteiger partial charge in [0.1, 0.15) is 11.9 Å². The van der Waals surface area contributed by atoms with Crippen molar-refractivity contribution >= 4 is 23.2 Å². The minimum Gasteiger partial charge on any atom is -0.376 e. The largest absolute Gasteiger partial charge is 0.376 e. The van der Waals surface area contributed by atoms with Crippen LogP contribution < -0.4 is 21.3 Å². The molecule has 4 rings (SSSR count). The van der Waals surface area contributed by atoms with Gasteiger partial charge >= 0.3 is 0 Å². The van der Waals surface area contributed by atoms with Gasteiger partial charge in [-0.2, -0.15) is 0 Å².